The van der Waals surface area contributed by atoms with Crippen LogP contribution in [-0.4, -0.2) is 5.78 Å². The summed E-state index contributed by atoms with van der Waals surface area (Å²) < 4.78 is 0. The van der Waals surface area contributed by atoms with E-state index in [4.69, 9.17) is 0 Å². The quantitative estimate of drug-likeness (QED) is 0.707. The third-order valence-electron chi connectivity index (χ3n) is 4.07. The van der Waals surface area contributed by atoms with Gasteiger partial charge in [0.15, 0.2) is 0 Å². The van der Waals surface area contributed by atoms with Crippen LogP contribution in [0.2, 0.25) is 0 Å². The van der Waals surface area contributed by atoms with Crippen LogP contribution in [-0.2, 0) is 4.79 Å². The minimum atomic E-state index is 0.133. The molecule has 1 heteroatoms. The molecule has 0 aromatic heterocycles. The van der Waals surface area contributed by atoms with Crippen LogP contribution in [0.5, 0.6) is 0 Å². The molecule has 0 radical (unpaired) electrons. The Bertz CT molecular complexity index is 386. The van der Waals surface area contributed by atoms with Crippen molar-refractivity contribution in [3.05, 3.63) is 35.9 Å². The maximum atomic E-state index is 12.1. The first-order chi connectivity index (χ1) is 7.98. The number of benzene rings is 1. The molecule has 0 amide bonds. The van der Waals surface area contributed by atoms with Crippen LogP contribution in [0.1, 0.15) is 51.5 Å². The normalized spacial score (nSPS) is 25.9. The summed E-state index contributed by atoms with van der Waals surface area (Å²) in [5.74, 6) is 1.22. The van der Waals surface area contributed by atoms with Crippen molar-refractivity contribution in [1.29, 1.82) is 0 Å². The zero-order chi connectivity index (χ0) is 12.5. The van der Waals surface area contributed by atoms with Gasteiger partial charge in [-0.25, -0.2) is 0 Å². The summed E-state index contributed by atoms with van der Waals surface area (Å²) in [6.07, 6.45) is 2.83. The first-order valence-electron chi connectivity index (χ1n) is 6.56. The van der Waals surface area contributed by atoms with Gasteiger partial charge in [-0.3, -0.25) is 4.79 Å². The number of rotatable bonds is 1. The number of Topliss-reactive ketones (excluding diaryl/α,β-unsaturated/α-hetero) is 1. The molecule has 2 rings (SSSR count). The summed E-state index contributed by atoms with van der Waals surface area (Å²) >= 11 is 0. The van der Waals surface area contributed by atoms with Crippen molar-refractivity contribution < 1.29 is 4.79 Å². The molecule has 1 aliphatic carbocycles. The van der Waals surface area contributed by atoms with Gasteiger partial charge >= 0.3 is 0 Å². The zero-order valence-electron chi connectivity index (χ0n) is 11.1. The molecule has 92 valence electrons. The van der Waals surface area contributed by atoms with Crippen LogP contribution in [0.15, 0.2) is 30.3 Å². The van der Waals surface area contributed by atoms with E-state index in [1.807, 2.05) is 18.2 Å². The van der Waals surface area contributed by atoms with Gasteiger partial charge in [0.05, 0.1) is 0 Å². The Morgan fingerprint density at radius 3 is 2.35 bits per heavy atom. The lowest BCUT2D eigenvalue weighted by atomic mass is 9.67. The van der Waals surface area contributed by atoms with Crippen molar-refractivity contribution in [1.82, 2.24) is 0 Å². The maximum Gasteiger partial charge on any atom is 0.140 e. The lowest BCUT2D eigenvalue weighted by Crippen LogP contribution is -2.30. The molecule has 0 bridgehead atoms. The van der Waals surface area contributed by atoms with E-state index in [0.717, 1.165) is 19.3 Å². The highest BCUT2D eigenvalue weighted by molar-refractivity contribution is 5.86. The first-order valence-corrected chi connectivity index (χ1v) is 6.56. The molecule has 0 heterocycles. The SMILES string of the molecule is CC(C)(C)[C@@H]1CCC(=O)[C@H](c2ccccc2)C1. The molecule has 17 heavy (non-hydrogen) atoms. The summed E-state index contributed by atoms with van der Waals surface area (Å²) in [6.45, 7) is 6.86. The van der Waals surface area contributed by atoms with Crippen LogP contribution in [0.4, 0.5) is 0 Å². The predicted molar refractivity (Wildman–Crippen MR) is 71.0 cm³/mol. The Morgan fingerprint density at radius 1 is 1.12 bits per heavy atom. The molecule has 1 saturated carbocycles. The second-order valence-corrected chi connectivity index (χ2v) is 6.27. The first kappa shape index (κ1) is 12.3. The van der Waals surface area contributed by atoms with Gasteiger partial charge in [-0.1, -0.05) is 51.1 Å². The van der Waals surface area contributed by atoms with Gasteiger partial charge in [-0.2, -0.15) is 0 Å². The fraction of sp³-hybridized carbons (Fsp3) is 0.562. The van der Waals surface area contributed by atoms with Crippen LogP contribution in [0.3, 0.4) is 0 Å². The van der Waals surface area contributed by atoms with E-state index in [1.54, 1.807) is 0 Å². The van der Waals surface area contributed by atoms with Crippen LogP contribution >= 0.6 is 0 Å². The van der Waals surface area contributed by atoms with Gasteiger partial charge in [0.25, 0.3) is 0 Å². The van der Waals surface area contributed by atoms with Crippen molar-refractivity contribution in [2.75, 3.05) is 0 Å². The lowest BCUT2D eigenvalue weighted by Gasteiger charge is -2.37. The molecular formula is C16H22O. The lowest BCUT2D eigenvalue weighted by molar-refractivity contribution is -0.123. The number of carbonyl (C=O) groups is 1. The van der Waals surface area contributed by atoms with Gasteiger partial charge in [-0.05, 0) is 29.7 Å². The molecule has 1 aliphatic rings. The van der Waals surface area contributed by atoms with E-state index in [-0.39, 0.29) is 5.92 Å². The second-order valence-electron chi connectivity index (χ2n) is 6.27. The summed E-state index contributed by atoms with van der Waals surface area (Å²) in [6, 6.07) is 10.3. The minimum absolute atomic E-state index is 0.133. The zero-order valence-corrected chi connectivity index (χ0v) is 11.1. The smallest absolute Gasteiger partial charge is 0.140 e. The predicted octanol–water partition coefficient (Wildman–Crippen LogP) is 4.19. The van der Waals surface area contributed by atoms with Crippen LogP contribution in [0.25, 0.3) is 0 Å². The Balaban J connectivity index is 2.19. The molecule has 1 aromatic rings. The molecule has 2 atom stereocenters. The summed E-state index contributed by atoms with van der Waals surface area (Å²) in [7, 11) is 0. The largest absolute Gasteiger partial charge is 0.299 e. The molecule has 0 N–H and O–H groups in total. The maximum absolute atomic E-state index is 12.1. The van der Waals surface area contributed by atoms with Crippen molar-refractivity contribution in [3.8, 4) is 0 Å². The molecule has 0 unspecified atom stereocenters. The molecule has 1 aromatic carbocycles. The van der Waals surface area contributed by atoms with Gasteiger partial charge < -0.3 is 0 Å². The number of hydrogen-bond acceptors (Lipinski definition) is 1. The highest BCUT2D eigenvalue weighted by Crippen LogP contribution is 2.42. The molecule has 0 aliphatic heterocycles. The molecule has 0 saturated heterocycles. The van der Waals surface area contributed by atoms with Crippen LogP contribution < -0.4 is 0 Å². The van der Waals surface area contributed by atoms with E-state index >= 15 is 0 Å². The summed E-state index contributed by atoms with van der Waals surface area (Å²) in [5.41, 5.74) is 1.51. The van der Waals surface area contributed by atoms with E-state index in [1.165, 1.54) is 5.56 Å². The third-order valence-corrected chi connectivity index (χ3v) is 4.07. The van der Waals surface area contributed by atoms with E-state index in [2.05, 4.69) is 32.9 Å². The van der Waals surface area contributed by atoms with Gasteiger partial charge in [-0.15, -0.1) is 0 Å². The van der Waals surface area contributed by atoms with E-state index < -0.39 is 0 Å². The molecule has 0 spiro atoms. The second kappa shape index (κ2) is 4.64. The monoisotopic (exact) mass is 230 g/mol. The Hall–Kier alpha value is -1.11. The number of hydrogen-bond donors (Lipinski definition) is 0. The van der Waals surface area contributed by atoms with Crippen molar-refractivity contribution in [2.45, 2.75) is 46.0 Å². The topological polar surface area (TPSA) is 17.1 Å². The van der Waals surface area contributed by atoms with Gasteiger partial charge in [0.1, 0.15) is 5.78 Å². The highest BCUT2D eigenvalue weighted by Gasteiger charge is 2.35. The van der Waals surface area contributed by atoms with E-state index in [9.17, 15) is 4.79 Å². The van der Waals surface area contributed by atoms with Crippen molar-refractivity contribution in [3.63, 3.8) is 0 Å². The van der Waals surface area contributed by atoms with Crippen LogP contribution in [0, 0.1) is 11.3 Å². The minimum Gasteiger partial charge on any atom is -0.299 e. The van der Waals surface area contributed by atoms with Gasteiger partial charge in [0, 0.05) is 12.3 Å². The fourth-order valence-corrected chi connectivity index (χ4v) is 2.82. The Kier molecular flexibility index (Phi) is 3.37. The van der Waals surface area contributed by atoms with Crippen molar-refractivity contribution in [2.24, 2.45) is 11.3 Å². The standard InChI is InChI=1S/C16H22O/c1-16(2,3)13-9-10-15(17)14(11-13)12-7-5-4-6-8-12/h4-8,13-14H,9-11H2,1-3H3/t13-,14+/m1/s1. The van der Waals surface area contributed by atoms with Crippen molar-refractivity contribution >= 4 is 5.78 Å². The Morgan fingerprint density at radius 2 is 1.76 bits per heavy atom. The molecule has 1 nitrogen and oxygen atoms in total. The average Bonchev–Trinajstić information content (AvgIpc) is 2.29. The van der Waals surface area contributed by atoms with E-state index in [0.29, 0.717) is 17.1 Å². The summed E-state index contributed by atoms with van der Waals surface area (Å²) in [4.78, 5) is 12.1. The molecular weight excluding hydrogens is 208 g/mol. The molecule has 1 fully saturated rings. The Labute approximate surface area is 104 Å². The number of ketones is 1. The summed E-state index contributed by atoms with van der Waals surface area (Å²) in [5, 5.41) is 0. The highest BCUT2D eigenvalue weighted by atomic mass is 16.1. The fourth-order valence-electron chi connectivity index (χ4n) is 2.82. The number of carbonyl (C=O) groups excluding carboxylic acids is 1. The average molecular weight is 230 g/mol. The third kappa shape index (κ3) is 2.77. The van der Waals surface area contributed by atoms with Gasteiger partial charge in [0.2, 0.25) is 0 Å².